The Morgan fingerprint density at radius 3 is 2.37 bits per heavy atom. The molecule has 3 rings (SSSR count). The number of carboxylic acid groups (broad SMARTS) is 1. The largest absolute Gasteiger partial charge is 0.505 e. The minimum absolute atomic E-state index is 0.00812. The van der Waals surface area contributed by atoms with E-state index in [1.54, 1.807) is 24.3 Å². The van der Waals surface area contributed by atoms with E-state index in [0.29, 0.717) is 10.8 Å². The van der Waals surface area contributed by atoms with Crippen LogP contribution < -0.4 is 0 Å². The molecule has 0 fully saturated rings. The second-order valence-corrected chi connectivity index (χ2v) is 7.32. The number of phenols is 1. The molecule has 0 unspecified atom stereocenters. The number of hydrogen-bond donors (Lipinski definition) is 5. The fourth-order valence-electron chi connectivity index (χ4n) is 2.62. The Labute approximate surface area is 155 Å². The topological polar surface area (TPSA) is 143 Å². The van der Waals surface area contributed by atoms with E-state index >= 15 is 0 Å². The molecule has 0 aliphatic carbocycles. The molecular weight excluding hydrogens is 372 g/mol. The zero-order valence-corrected chi connectivity index (χ0v) is 14.9. The van der Waals surface area contributed by atoms with E-state index in [4.69, 9.17) is 0 Å². The number of aryl methyl sites for hydroxylation is 1. The predicted molar refractivity (Wildman–Crippen MR) is 102 cm³/mol. The number of benzene rings is 3. The van der Waals surface area contributed by atoms with Crippen molar-refractivity contribution >= 4 is 39.0 Å². The van der Waals surface area contributed by atoms with Crippen molar-refractivity contribution in [1.29, 1.82) is 0 Å². The number of rotatable bonds is 4. The Balaban J connectivity index is 2.23. The summed E-state index contributed by atoms with van der Waals surface area (Å²) >= 11 is 0. The third kappa shape index (κ3) is 3.76. The number of carbonyl (C=O) groups is 1. The highest BCUT2D eigenvalue weighted by Gasteiger charge is 2.25. The summed E-state index contributed by atoms with van der Waals surface area (Å²) in [6.07, 6.45) is 0. The van der Waals surface area contributed by atoms with Gasteiger partial charge in [0.15, 0.2) is 5.75 Å². The Bertz CT molecular complexity index is 1080. The number of aromatic hydroxyl groups is 1. The SMILES string of the molecule is Cc1ccc2c(O)c(N=Nc3ccccc3C(=O)O)c(S(O)(O)O)cc2c1. The number of phenolic OH excluding ortho intramolecular Hbond substituents is 1. The second kappa shape index (κ2) is 6.97. The van der Waals surface area contributed by atoms with Gasteiger partial charge < -0.3 is 23.9 Å². The number of hydrogen-bond acceptors (Lipinski definition) is 7. The minimum Gasteiger partial charge on any atom is -0.505 e. The van der Waals surface area contributed by atoms with Crippen LogP contribution in [0.15, 0.2) is 63.7 Å². The highest BCUT2D eigenvalue weighted by atomic mass is 32.3. The van der Waals surface area contributed by atoms with Crippen LogP contribution in [0.3, 0.4) is 0 Å². The zero-order chi connectivity index (χ0) is 19.8. The minimum atomic E-state index is -4.22. The molecule has 3 aromatic rings. The lowest BCUT2D eigenvalue weighted by Crippen LogP contribution is -1.97. The van der Waals surface area contributed by atoms with E-state index in [1.807, 2.05) is 6.92 Å². The first-order chi connectivity index (χ1) is 12.7. The van der Waals surface area contributed by atoms with Crippen LogP contribution in [0.1, 0.15) is 15.9 Å². The molecule has 0 aliphatic heterocycles. The summed E-state index contributed by atoms with van der Waals surface area (Å²) in [6, 6.07) is 12.2. The summed E-state index contributed by atoms with van der Waals surface area (Å²) in [5.74, 6) is -1.62. The van der Waals surface area contributed by atoms with Crippen LogP contribution >= 0.6 is 10.9 Å². The zero-order valence-electron chi connectivity index (χ0n) is 14.1. The molecule has 0 aliphatic rings. The normalized spacial score (nSPS) is 12.6. The summed E-state index contributed by atoms with van der Waals surface area (Å²) in [4.78, 5) is 10.9. The molecular formula is C18H16N2O6S. The Morgan fingerprint density at radius 1 is 1.00 bits per heavy atom. The molecule has 9 heteroatoms. The van der Waals surface area contributed by atoms with Crippen molar-refractivity contribution in [3.05, 3.63) is 59.7 Å². The first kappa shape index (κ1) is 18.8. The molecule has 0 amide bonds. The van der Waals surface area contributed by atoms with Gasteiger partial charge in [0.2, 0.25) is 0 Å². The fraction of sp³-hybridized carbons (Fsp3) is 0.0556. The molecule has 5 N–H and O–H groups in total. The van der Waals surface area contributed by atoms with Crippen molar-refractivity contribution in [2.24, 2.45) is 10.2 Å². The van der Waals surface area contributed by atoms with Crippen LogP contribution in [0.5, 0.6) is 5.75 Å². The Kier molecular flexibility index (Phi) is 4.85. The quantitative estimate of drug-likeness (QED) is 0.371. The van der Waals surface area contributed by atoms with Crippen molar-refractivity contribution in [2.45, 2.75) is 11.8 Å². The van der Waals surface area contributed by atoms with Gasteiger partial charge in [-0.15, -0.1) is 10.2 Å². The maximum Gasteiger partial charge on any atom is 0.337 e. The van der Waals surface area contributed by atoms with E-state index in [9.17, 15) is 28.7 Å². The maximum absolute atomic E-state index is 11.3. The lowest BCUT2D eigenvalue weighted by atomic mass is 10.1. The number of fused-ring (bicyclic) bond motifs is 1. The van der Waals surface area contributed by atoms with Gasteiger partial charge in [0.1, 0.15) is 22.2 Å². The molecule has 27 heavy (non-hydrogen) atoms. The Morgan fingerprint density at radius 2 is 1.70 bits per heavy atom. The lowest BCUT2D eigenvalue weighted by molar-refractivity contribution is 0.0697. The van der Waals surface area contributed by atoms with Gasteiger partial charge in [-0.2, -0.15) is 0 Å². The van der Waals surface area contributed by atoms with E-state index in [-0.39, 0.29) is 16.9 Å². The van der Waals surface area contributed by atoms with Gasteiger partial charge in [0, 0.05) is 5.39 Å². The molecule has 8 nitrogen and oxygen atoms in total. The predicted octanol–water partition coefficient (Wildman–Crippen LogP) is 5.55. The van der Waals surface area contributed by atoms with Gasteiger partial charge >= 0.3 is 5.97 Å². The first-order valence-corrected chi connectivity index (χ1v) is 9.20. The van der Waals surface area contributed by atoms with Crippen LogP contribution in [-0.4, -0.2) is 29.8 Å². The van der Waals surface area contributed by atoms with Crippen molar-refractivity contribution in [1.82, 2.24) is 0 Å². The highest BCUT2D eigenvalue weighted by molar-refractivity contribution is 8.19. The van der Waals surface area contributed by atoms with Crippen molar-refractivity contribution < 1.29 is 28.7 Å². The molecule has 0 atom stereocenters. The van der Waals surface area contributed by atoms with Gasteiger partial charge in [-0.3, -0.25) is 0 Å². The average molecular weight is 388 g/mol. The van der Waals surface area contributed by atoms with E-state index in [1.165, 1.54) is 24.3 Å². The summed E-state index contributed by atoms with van der Waals surface area (Å²) < 4.78 is 29.3. The highest BCUT2D eigenvalue weighted by Crippen LogP contribution is 2.54. The van der Waals surface area contributed by atoms with E-state index in [0.717, 1.165) is 5.56 Å². The van der Waals surface area contributed by atoms with Gasteiger partial charge in [-0.1, -0.05) is 35.9 Å². The Hall–Kier alpha value is -2.98. The number of aromatic carboxylic acids is 1. The van der Waals surface area contributed by atoms with Crippen molar-refractivity contribution in [3.8, 4) is 5.75 Å². The second-order valence-electron chi connectivity index (χ2n) is 5.84. The first-order valence-electron chi connectivity index (χ1n) is 7.69. The summed E-state index contributed by atoms with van der Waals surface area (Å²) in [7, 11) is -4.22. The van der Waals surface area contributed by atoms with E-state index in [2.05, 4.69) is 10.2 Å². The van der Waals surface area contributed by atoms with Crippen LogP contribution in [-0.2, 0) is 0 Å². The summed E-state index contributed by atoms with van der Waals surface area (Å²) in [5, 5.41) is 28.2. The van der Waals surface area contributed by atoms with E-state index < -0.39 is 27.5 Å². The van der Waals surface area contributed by atoms with Crippen molar-refractivity contribution in [2.75, 3.05) is 0 Å². The monoisotopic (exact) mass is 388 g/mol. The average Bonchev–Trinajstić information content (AvgIpc) is 2.59. The fourth-order valence-corrected chi connectivity index (χ4v) is 3.30. The number of carboxylic acids is 1. The van der Waals surface area contributed by atoms with Crippen LogP contribution in [0.25, 0.3) is 10.8 Å². The molecule has 0 spiro atoms. The van der Waals surface area contributed by atoms with Gasteiger partial charge in [-0.05, 0) is 30.5 Å². The number of azo groups is 1. The molecule has 140 valence electrons. The van der Waals surface area contributed by atoms with Crippen molar-refractivity contribution in [3.63, 3.8) is 0 Å². The van der Waals surface area contributed by atoms with Crippen LogP contribution in [0.2, 0.25) is 0 Å². The third-order valence-electron chi connectivity index (χ3n) is 3.89. The molecule has 3 aromatic carbocycles. The standard InChI is InChI=1S/C18H16N2O6S/c1-10-6-7-12-11(8-10)9-15(27(24,25)26)16(17(12)21)20-19-14-5-3-2-4-13(14)18(22)23/h2-9,21,24-26H,1H3,(H,22,23). The van der Waals surface area contributed by atoms with Crippen LogP contribution in [0, 0.1) is 6.92 Å². The summed E-state index contributed by atoms with van der Waals surface area (Å²) in [6.45, 7) is 1.82. The molecule has 0 radical (unpaired) electrons. The molecule has 0 aromatic heterocycles. The maximum atomic E-state index is 11.3. The summed E-state index contributed by atoms with van der Waals surface area (Å²) in [5.41, 5.74) is 0.407. The lowest BCUT2D eigenvalue weighted by Gasteiger charge is -2.22. The number of nitrogens with zero attached hydrogens (tertiary/aromatic N) is 2. The molecule has 0 saturated carbocycles. The third-order valence-corrected chi connectivity index (χ3v) is 4.80. The molecule has 0 bridgehead atoms. The van der Waals surface area contributed by atoms with Crippen LogP contribution in [0.4, 0.5) is 11.4 Å². The molecule has 0 saturated heterocycles. The smallest absolute Gasteiger partial charge is 0.337 e. The van der Waals surface area contributed by atoms with Gasteiger partial charge in [-0.25, -0.2) is 4.79 Å². The van der Waals surface area contributed by atoms with Gasteiger partial charge in [0.25, 0.3) is 0 Å². The molecule has 0 heterocycles. The van der Waals surface area contributed by atoms with Gasteiger partial charge in [0.05, 0.1) is 10.5 Å².